The predicted octanol–water partition coefficient (Wildman–Crippen LogP) is 3.10. The van der Waals surface area contributed by atoms with Crippen LogP contribution in [0.15, 0.2) is 6.07 Å². The Kier molecular flexibility index (Phi) is 3.78. The van der Waals surface area contributed by atoms with Crippen LogP contribution in [0, 0.1) is 18.6 Å². The summed E-state index contributed by atoms with van der Waals surface area (Å²) in [6, 6.07) is 3.33. The largest absolute Gasteiger partial charge is 0.281 e. The maximum atomic E-state index is 12.3. The summed E-state index contributed by atoms with van der Waals surface area (Å²) in [5.41, 5.74) is -0.0700. The second-order valence-corrected chi connectivity index (χ2v) is 4.29. The summed E-state index contributed by atoms with van der Waals surface area (Å²) in [4.78, 5) is 3.66. The van der Waals surface area contributed by atoms with E-state index < -0.39 is 6.43 Å². The maximum Gasteiger partial charge on any atom is 0.281 e. The zero-order valence-corrected chi connectivity index (χ0v) is 10.4. The van der Waals surface area contributed by atoms with Gasteiger partial charge in [0.2, 0.25) is 0 Å². The van der Waals surface area contributed by atoms with Gasteiger partial charge in [0.25, 0.3) is 6.43 Å². The highest BCUT2D eigenvalue weighted by Gasteiger charge is 2.17. The van der Waals surface area contributed by atoms with Crippen molar-refractivity contribution < 1.29 is 8.78 Å². The van der Waals surface area contributed by atoms with Gasteiger partial charge in [-0.2, -0.15) is 5.26 Å². The van der Waals surface area contributed by atoms with Crippen LogP contribution in [-0.2, 0) is 0 Å². The van der Waals surface area contributed by atoms with Crippen molar-refractivity contribution in [1.82, 2.24) is 4.98 Å². The standard InChI is InChI=1S/C7H2F2I2N2/c8-7(9)6-5(11)3(2-12)1-4(10)13-6/h1,7H. The molecule has 0 N–H and O–H groups in total. The van der Waals surface area contributed by atoms with E-state index in [0.29, 0.717) is 3.70 Å². The Hall–Kier alpha value is -0.0400. The van der Waals surface area contributed by atoms with Crippen LogP contribution in [0.5, 0.6) is 0 Å². The lowest BCUT2D eigenvalue weighted by atomic mass is 10.2. The predicted molar refractivity (Wildman–Crippen MR) is 59.3 cm³/mol. The first-order chi connectivity index (χ1) is 6.06. The van der Waals surface area contributed by atoms with Crippen molar-refractivity contribution in [2.24, 2.45) is 0 Å². The van der Waals surface area contributed by atoms with Crippen molar-refractivity contribution >= 4 is 45.2 Å². The van der Waals surface area contributed by atoms with E-state index in [1.165, 1.54) is 6.07 Å². The summed E-state index contributed by atoms with van der Waals surface area (Å²) in [7, 11) is 0. The third kappa shape index (κ3) is 2.46. The number of nitrogens with zero attached hydrogens (tertiary/aromatic N) is 2. The number of nitriles is 1. The molecule has 68 valence electrons. The zero-order chi connectivity index (χ0) is 10.0. The molecule has 13 heavy (non-hydrogen) atoms. The number of pyridine rings is 1. The molecule has 2 nitrogen and oxygen atoms in total. The molecular formula is C7H2F2I2N2. The second-order valence-electron chi connectivity index (χ2n) is 2.10. The maximum absolute atomic E-state index is 12.3. The average molecular weight is 406 g/mol. The van der Waals surface area contributed by atoms with E-state index >= 15 is 0 Å². The van der Waals surface area contributed by atoms with Crippen LogP contribution >= 0.6 is 45.2 Å². The van der Waals surface area contributed by atoms with Crippen LogP contribution < -0.4 is 0 Å². The Bertz CT molecular complexity index is 373. The number of halogens is 4. The summed E-state index contributed by atoms with van der Waals surface area (Å²) in [6.07, 6.45) is -2.63. The molecule has 0 saturated heterocycles. The molecule has 6 heteroatoms. The zero-order valence-electron chi connectivity index (χ0n) is 6.06. The van der Waals surface area contributed by atoms with Gasteiger partial charge in [0.05, 0.1) is 9.13 Å². The van der Waals surface area contributed by atoms with Gasteiger partial charge >= 0.3 is 0 Å². The van der Waals surface area contributed by atoms with Gasteiger partial charge in [-0.3, -0.25) is 0 Å². The fourth-order valence-electron chi connectivity index (χ4n) is 0.743. The van der Waals surface area contributed by atoms with E-state index in [1.54, 1.807) is 45.2 Å². The average Bonchev–Trinajstić information content (AvgIpc) is 2.08. The highest BCUT2D eigenvalue weighted by Crippen LogP contribution is 2.25. The summed E-state index contributed by atoms with van der Waals surface area (Å²) in [6.45, 7) is 0. The Labute approximate surface area is 101 Å². The van der Waals surface area contributed by atoms with E-state index in [1.807, 2.05) is 6.07 Å². The lowest BCUT2D eigenvalue weighted by Crippen LogP contribution is -1.99. The normalized spacial score (nSPS) is 10.2. The van der Waals surface area contributed by atoms with Crippen molar-refractivity contribution in [2.45, 2.75) is 6.43 Å². The molecule has 0 radical (unpaired) electrons. The van der Waals surface area contributed by atoms with Crippen molar-refractivity contribution in [3.8, 4) is 6.07 Å². The molecule has 0 atom stereocenters. The van der Waals surface area contributed by atoms with Crippen LogP contribution in [0.25, 0.3) is 0 Å². The van der Waals surface area contributed by atoms with Crippen molar-refractivity contribution in [1.29, 1.82) is 5.26 Å². The molecular weight excluding hydrogens is 404 g/mol. The number of alkyl halides is 2. The van der Waals surface area contributed by atoms with E-state index in [0.717, 1.165) is 0 Å². The monoisotopic (exact) mass is 406 g/mol. The number of rotatable bonds is 1. The first-order valence-electron chi connectivity index (χ1n) is 3.10. The molecule has 0 spiro atoms. The minimum Gasteiger partial charge on any atom is -0.240 e. The van der Waals surface area contributed by atoms with Crippen LogP contribution in [0.1, 0.15) is 17.7 Å². The molecule has 0 aliphatic rings. The SMILES string of the molecule is N#Cc1cc(I)nc(C(F)F)c1I. The molecule has 0 unspecified atom stereocenters. The van der Waals surface area contributed by atoms with E-state index in [-0.39, 0.29) is 14.8 Å². The molecule has 1 aromatic rings. The van der Waals surface area contributed by atoms with Crippen LogP contribution in [0.2, 0.25) is 0 Å². The summed E-state index contributed by atoms with van der Waals surface area (Å²) in [5.74, 6) is 0. The number of hydrogen-bond acceptors (Lipinski definition) is 2. The number of aromatic nitrogens is 1. The van der Waals surface area contributed by atoms with E-state index in [9.17, 15) is 8.78 Å². The van der Waals surface area contributed by atoms with Crippen molar-refractivity contribution in [3.05, 3.63) is 24.6 Å². The first-order valence-corrected chi connectivity index (χ1v) is 5.26. The first kappa shape index (κ1) is 11.0. The molecule has 1 rings (SSSR count). The van der Waals surface area contributed by atoms with Gasteiger partial charge in [-0.15, -0.1) is 0 Å². The highest BCUT2D eigenvalue weighted by atomic mass is 127. The van der Waals surface area contributed by atoms with Crippen molar-refractivity contribution in [3.63, 3.8) is 0 Å². The molecule has 0 aliphatic carbocycles. The van der Waals surface area contributed by atoms with Crippen LogP contribution in [0.4, 0.5) is 8.78 Å². The van der Waals surface area contributed by atoms with Crippen LogP contribution in [-0.4, -0.2) is 4.98 Å². The lowest BCUT2D eigenvalue weighted by molar-refractivity contribution is 0.144. The topological polar surface area (TPSA) is 36.7 Å². The molecule has 0 aliphatic heterocycles. The highest BCUT2D eigenvalue weighted by molar-refractivity contribution is 14.1. The molecule has 0 fully saturated rings. The van der Waals surface area contributed by atoms with Gasteiger partial charge in [0, 0.05) is 0 Å². The Morgan fingerprint density at radius 3 is 2.54 bits per heavy atom. The molecule has 0 saturated carbocycles. The summed E-state index contributed by atoms with van der Waals surface area (Å²) >= 11 is 3.51. The van der Waals surface area contributed by atoms with Gasteiger partial charge in [-0.05, 0) is 51.2 Å². The fraction of sp³-hybridized carbons (Fsp3) is 0.143. The van der Waals surface area contributed by atoms with Gasteiger partial charge in [-0.1, -0.05) is 0 Å². The Morgan fingerprint density at radius 1 is 1.46 bits per heavy atom. The molecule has 0 aromatic carbocycles. The minimum atomic E-state index is -2.63. The number of hydrogen-bond donors (Lipinski definition) is 0. The molecule has 0 bridgehead atoms. The summed E-state index contributed by atoms with van der Waals surface area (Å²) < 4.78 is 25.3. The smallest absolute Gasteiger partial charge is 0.240 e. The summed E-state index contributed by atoms with van der Waals surface area (Å²) in [5, 5.41) is 8.62. The third-order valence-corrected chi connectivity index (χ3v) is 2.97. The lowest BCUT2D eigenvalue weighted by Gasteiger charge is -2.04. The van der Waals surface area contributed by atoms with Gasteiger partial charge in [0.15, 0.2) is 0 Å². The molecule has 1 aromatic heterocycles. The second kappa shape index (κ2) is 4.45. The minimum absolute atomic E-state index is 0.232. The Balaban J connectivity index is 3.38. The van der Waals surface area contributed by atoms with Gasteiger partial charge in [0.1, 0.15) is 15.5 Å². The van der Waals surface area contributed by atoms with Crippen molar-refractivity contribution in [2.75, 3.05) is 0 Å². The molecule has 1 heterocycles. The van der Waals surface area contributed by atoms with E-state index in [2.05, 4.69) is 4.98 Å². The fourth-order valence-corrected chi connectivity index (χ4v) is 1.95. The third-order valence-electron chi connectivity index (χ3n) is 1.28. The molecule has 0 amide bonds. The van der Waals surface area contributed by atoms with Gasteiger partial charge in [-0.25, -0.2) is 13.8 Å². The quantitative estimate of drug-likeness (QED) is 0.531. The van der Waals surface area contributed by atoms with Crippen LogP contribution in [0.3, 0.4) is 0 Å². The van der Waals surface area contributed by atoms with E-state index in [4.69, 9.17) is 5.26 Å². The Morgan fingerprint density at radius 2 is 2.08 bits per heavy atom. The van der Waals surface area contributed by atoms with Gasteiger partial charge < -0.3 is 0 Å².